The van der Waals surface area contributed by atoms with E-state index >= 15 is 4.39 Å². The van der Waals surface area contributed by atoms with Crippen molar-refractivity contribution >= 4 is 11.8 Å². The van der Waals surface area contributed by atoms with Crippen LogP contribution in [0.25, 0.3) is 0 Å². The molecule has 2 aromatic rings. The minimum atomic E-state index is -2.94. The average Bonchev–Trinajstić information content (AvgIpc) is 2.94. The number of hydrogen-bond acceptors (Lipinski definition) is 6. The SMILES string of the molecule is CCOC(=O)[C@@]1(F)C(=O)c2cc(C)ccc2[C@H]1c1c(OC)cc(OC)cc1OC. The van der Waals surface area contributed by atoms with Gasteiger partial charge in [-0.25, -0.2) is 9.18 Å². The van der Waals surface area contributed by atoms with Gasteiger partial charge in [0.05, 0.1) is 33.9 Å². The highest BCUT2D eigenvalue weighted by atomic mass is 19.1. The second-order valence-electron chi connectivity index (χ2n) is 6.73. The number of hydrogen-bond donors (Lipinski definition) is 0. The van der Waals surface area contributed by atoms with E-state index < -0.39 is 23.3 Å². The second kappa shape index (κ2) is 7.73. The van der Waals surface area contributed by atoms with E-state index in [0.717, 1.165) is 5.56 Å². The van der Waals surface area contributed by atoms with E-state index in [-0.39, 0.29) is 29.2 Å². The van der Waals surface area contributed by atoms with Crippen molar-refractivity contribution in [2.75, 3.05) is 27.9 Å². The zero-order valence-electron chi connectivity index (χ0n) is 17.0. The Morgan fingerprint density at radius 3 is 2.21 bits per heavy atom. The molecule has 29 heavy (non-hydrogen) atoms. The molecule has 0 aromatic heterocycles. The zero-order valence-corrected chi connectivity index (χ0v) is 17.0. The van der Waals surface area contributed by atoms with E-state index in [1.807, 2.05) is 0 Å². The van der Waals surface area contributed by atoms with Gasteiger partial charge in [0.25, 0.3) is 5.67 Å². The van der Waals surface area contributed by atoms with Gasteiger partial charge in [0.15, 0.2) is 0 Å². The van der Waals surface area contributed by atoms with E-state index in [9.17, 15) is 9.59 Å². The van der Waals surface area contributed by atoms with Crippen LogP contribution >= 0.6 is 0 Å². The third-order valence-corrected chi connectivity index (χ3v) is 5.11. The van der Waals surface area contributed by atoms with Gasteiger partial charge in [-0.2, -0.15) is 0 Å². The monoisotopic (exact) mass is 402 g/mol. The average molecular weight is 402 g/mol. The lowest BCUT2D eigenvalue weighted by Crippen LogP contribution is -2.45. The Kier molecular flexibility index (Phi) is 5.50. The highest BCUT2D eigenvalue weighted by Gasteiger charge is 2.62. The smallest absolute Gasteiger partial charge is 0.353 e. The summed E-state index contributed by atoms with van der Waals surface area (Å²) < 4.78 is 37.5. The number of carbonyl (C=O) groups is 2. The summed E-state index contributed by atoms with van der Waals surface area (Å²) in [6, 6.07) is 8.10. The molecule has 2 aromatic carbocycles. The molecular formula is C22H23FO6. The number of ether oxygens (including phenoxy) is 4. The van der Waals surface area contributed by atoms with Crippen molar-refractivity contribution in [2.45, 2.75) is 25.4 Å². The standard InChI is InChI=1S/C22H23FO6/c1-6-29-21(25)22(23)19(14-8-7-12(2)9-15(14)20(22)24)18-16(27-4)10-13(26-3)11-17(18)28-5/h7-11,19H,6H2,1-5H3/t19-,22-/m0/s1. The summed E-state index contributed by atoms with van der Waals surface area (Å²) in [7, 11) is 4.30. The van der Waals surface area contributed by atoms with Crippen LogP contribution in [0.15, 0.2) is 30.3 Å². The van der Waals surface area contributed by atoms with Crippen LogP contribution in [-0.2, 0) is 9.53 Å². The molecule has 7 heteroatoms. The molecule has 3 rings (SSSR count). The summed E-state index contributed by atoms with van der Waals surface area (Å²) in [6.45, 7) is 3.29. The van der Waals surface area contributed by atoms with Crippen LogP contribution in [0.1, 0.15) is 39.9 Å². The van der Waals surface area contributed by atoms with E-state index in [1.54, 1.807) is 44.2 Å². The molecule has 1 aliphatic rings. The Hall–Kier alpha value is -3.09. The summed E-state index contributed by atoms with van der Waals surface area (Å²) in [5.41, 5.74) is -1.41. The van der Waals surface area contributed by atoms with Crippen molar-refractivity contribution in [2.24, 2.45) is 0 Å². The number of alkyl halides is 1. The number of methoxy groups -OCH3 is 3. The largest absolute Gasteiger partial charge is 0.496 e. The molecule has 0 spiro atoms. The molecule has 0 aliphatic heterocycles. The van der Waals surface area contributed by atoms with Crippen LogP contribution in [0.2, 0.25) is 0 Å². The number of fused-ring (bicyclic) bond motifs is 1. The molecule has 2 atom stereocenters. The summed E-state index contributed by atoms with van der Waals surface area (Å²) in [4.78, 5) is 25.8. The molecule has 0 bridgehead atoms. The van der Waals surface area contributed by atoms with Crippen molar-refractivity contribution in [3.05, 3.63) is 52.6 Å². The van der Waals surface area contributed by atoms with Crippen molar-refractivity contribution < 1.29 is 32.9 Å². The normalized spacial score (nSPS) is 20.2. The van der Waals surface area contributed by atoms with Gasteiger partial charge in [0.2, 0.25) is 5.78 Å². The fourth-order valence-corrected chi connectivity index (χ4v) is 3.78. The van der Waals surface area contributed by atoms with E-state index in [0.29, 0.717) is 11.3 Å². The molecule has 0 heterocycles. The van der Waals surface area contributed by atoms with Gasteiger partial charge < -0.3 is 18.9 Å². The van der Waals surface area contributed by atoms with Gasteiger partial charge in [0, 0.05) is 23.3 Å². The molecule has 154 valence electrons. The maximum atomic E-state index is 16.4. The number of benzene rings is 2. The number of Topliss-reactive ketones (excluding diaryl/α,β-unsaturated/α-hetero) is 1. The lowest BCUT2D eigenvalue weighted by molar-refractivity contribution is -0.154. The minimum absolute atomic E-state index is 0.0588. The minimum Gasteiger partial charge on any atom is -0.496 e. The quantitative estimate of drug-likeness (QED) is 0.543. The van der Waals surface area contributed by atoms with Gasteiger partial charge >= 0.3 is 5.97 Å². The Labute approximate surface area is 168 Å². The predicted molar refractivity (Wildman–Crippen MR) is 104 cm³/mol. The highest BCUT2D eigenvalue weighted by molar-refractivity contribution is 6.20. The number of esters is 1. The number of halogens is 1. The number of carbonyl (C=O) groups excluding carboxylic acids is 2. The molecule has 6 nitrogen and oxygen atoms in total. The van der Waals surface area contributed by atoms with E-state index in [1.165, 1.54) is 21.3 Å². The Balaban J connectivity index is 2.36. The Morgan fingerprint density at radius 2 is 1.69 bits per heavy atom. The third-order valence-electron chi connectivity index (χ3n) is 5.11. The molecule has 0 saturated carbocycles. The number of rotatable bonds is 6. The van der Waals surface area contributed by atoms with Crippen LogP contribution in [0.3, 0.4) is 0 Å². The molecule has 0 N–H and O–H groups in total. The first-order valence-corrected chi connectivity index (χ1v) is 9.14. The summed E-state index contributed by atoms with van der Waals surface area (Å²) in [6.07, 6.45) is 0. The Bertz CT molecular complexity index is 945. The molecular weight excluding hydrogens is 379 g/mol. The lowest BCUT2D eigenvalue weighted by atomic mass is 9.82. The highest BCUT2D eigenvalue weighted by Crippen LogP contribution is 2.54. The van der Waals surface area contributed by atoms with Gasteiger partial charge in [0.1, 0.15) is 17.2 Å². The molecule has 0 fully saturated rings. The maximum absolute atomic E-state index is 16.4. The molecule has 0 saturated heterocycles. The van der Waals surface area contributed by atoms with Crippen LogP contribution in [0.5, 0.6) is 17.2 Å². The van der Waals surface area contributed by atoms with Gasteiger partial charge in [-0.3, -0.25) is 4.79 Å². The first-order chi connectivity index (χ1) is 13.8. The number of ketones is 1. The van der Waals surface area contributed by atoms with Gasteiger partial charge in [-0.05, 0) is 25.5 Å². The molecule has 1 aliphatic carbocycles. The molecule has 0 amide bonds. The van der Waals surface area contributed by atoms with Crippen LogP contribution in [0.4, 0.5) is 4.39 Å². The van der Waals surface area contributed by atoms with Crippen LogP contribution in [-0.4, -0.2) is 45.4 Å². The van der Waals surface area contributed by atoms with Crippen molar-refractivity contribution in [1.82, 2.24) is 0 Å². The predicted octanol–water partition coefficient (Wildman–Crippen LogP) is 3.62. The first kappa shape index (κ1) is 20.6. The first-order valence-electron chi connectivity index (χ1n) is 9.14. The second-order valence-corrected chi connectivity index (χ2v) is 6.73. The summed E-state index contributed by atoms with van der Waals surface area (Å²) in [5, 5.41) is 0. The molecule has 0 unspecified atom stereocenters. The van der Waals surface area contributed by atoms with Crippen LogP contribution < -0.4 is 14.2 Å². The summed E-state index contributed by atoms with van der Waals surface area (Å²) in [5.74, 6) is -2.56. The topological polar surface area (TPSA) is 71.1 Å². The zero-order chi connectivity index (χ0) is 21.3. The maximum Gasteiger partial charge on any atom is 0.353 e. The lowest BCUT2D eigenvalue weighted by Gasteiger charge is -2.27. The van der Waals surface area contributed by atoms with Gasteiger partial charge in [-0.1, -0.05) is 17.7 Å². The van der Waals surface area contributed by atoms with Crippen molar-refractivity contribution in [3.63, 3.8) is 0 Å². The fraction of sp³-hybridized carbons (Fsp3) is 0.364. The fourth-order valence-electron chi connectivity index (χ4n) is 3.78. The van der Waals surface area contributed by atoms with Crippen LogP contribution in [0, 0.1) is 6.92 Å². The molecule has 0 radical (unpaired) electrons. The number of aryl methyl sites for hydroxylation is 1. The van der Waals surface area contributed by atoms with Crippen molar-refractivity contribution in [3.8, 4) is 17.2 Å². The third kappa shape index (κ3) is 3.10. The summed E-state index contributed by atoms with van der Waals surface area (Å²) >= 11 is 0. The van der Waals surface area contributed by atoms with Crippen molar-refractivity contribution in [1.29, 1.82) is 0 Å². The van der Waals surface area contributed by atoms with E-state index in [4.69, 9.17) is 18.9 Å². The Morgan fingerprint density at radius 1 is 1.07 bits per heavy atom. The van der Waals surface area contributed by atoms with E-state index in [2.05, 4.69) is 0 Å². The van der Waals surface area contributed by atoms with Gasteiger partial charge in [-0.15, -0.1) is 0 Å².